The minimum atomic E-state index is -0.625. The minimum Gasteiger partial charge on any atom is -0.348 e. The van der Waals surface area contributed by atoms with Crippen LogP contribution in [0.25, 0.3) is 0 Å². The van der Waals surface area contributed by atoms with Gasteiger partial charge < -0.3 is 5.32 Å². The van der Waals surface area contributed by atoms with Crippen molar-refractivity contribution in [2.75, 3.05) is 0 Å². The number of nitrogens with zero attached hydrogens (tertiary/aromatic N) is 2. The SMILES string of the molecule is CC(C)c1ccccc1CNC(=O)c1cnn(C)c1F. The summed E-state index contributed by atoms with van der Waals surface area (Å²) in [7, 11) is 1.46. The number of hydrogen-bond acceptors (Lipinski definition) is 2. The monoisotopic (exact) mass is 275 g/mol. The molecule has 0 unspecified atom stereocenters. The number of carbonyl (C=O) groups excluding carboxylic acids is 1. The van der Waals surface area contributed by atoms with E-state index in [0.717, 1.165) is 10.2 Å². The molecule has 5 heteroatoms. The van der Waals surface area contributed by atoms with Crippen LogP contribution in [0.4, 0.5) is 4.39 Å². The van der Waals surface area contributed by atoms with Crippen molar-refractivity contribution >= 4 is 5.91 Å². The zero-order chi connectivity index (χ0) is 14.7. The third kappa shape index (κ3) is 2.87. The van der Waals surface area contributed by atoms with Crippen LogP contribution in [0.2, 0.25) is 0 Å². The first-order valence-electron chi connectivity index (χ1n) is 6.54. The number of halogens is 1. The zero-order valence-corrected chi connectivity index (χ0v) is 11.9. The average Bonchev–Trinajstić information content (AvgIpc) is 2.76. The van der Waals surface area contributed by atoms with E-state index in [1.807, 2.05) is 24.3 Å². The number of aryl methyl sites for hydroxylation is 1. The minimum absolute atomic E-state index is 0.0328. The fraction of sp³-hybridized carbons (Fsp3) is 0.333. The molecule has 0 aliphatic carbocycles. The number of nitrogens with one attached hydrogen (secondary N) is 1. The van der Waals surface area contributed by atoms with Gasteiger partial charge in [-0.05, 0) is 17.0 Å². The van der Waals surface area contributed by atoms with Crippen molar-refractivity contribution in [2.24, 2.45) is 7.05 Å². The maximum atomic E-state index is 13.6. The van der Waals surface area contributed by atoms with E-state index in [0.29, 0.717) is 12.5 Å². The van der Waals surface area contributed by atoms with Gasteiger partial charge >= 0.3 is 0 Å². The van der Waals surface area contributed by atoms with Gasteiger partial charge in [0.05, 0.1) is 6.20 Å². The predicted octanol–water partition coefficient (Wildman–Crippen LogP) is 2.61. The first-order valence-corrected chi connectivity index (χ1v) is 6.54. The van der Waals surface area contributed by atoms with Crippen molar-refractivity contribution in [3.63, 3.8) is 0 Å². The summed E-state index contributed by atoms with van der Waals surface area (Å²) in [5.41, 5.74) is 2.19. The van der Waals surface area contributed by atoms with E-state index in [4.69, 9.17) is 0 Å². The number of hydrogen-bond donors (Lipinski definition) is 1. The fourth-order valence-corrected chi connectivity index (χ4v) is 2.10. The van der Waals surface area contributed by atoms with Crippen LogP contribution in [-0.2, 0) is 13.6 Å². The molecule has 0 aliphatic heterocycles. The number of carbonyl (C=O) groups is 1. The molecule has 2 aromatic rings. The molecule has 106 valence electrons. The summed E-state index contributed by atoms with van der Waals surface area (Å²) in [5.74, 6) is -0.702. The van der Waals surface area contributed by atoms with Gasteiger partial charge in [0.1, 0.15) is 5.56 Å². The molecule has 0 fully saturated rings. The molecule has 0 saturated carbocycles. The van der Waals surface area contributed by atoms with E-state index in [1.54, 1.807) is 0 Å². The molecular weight excluding hydrogens is 257 g/mol. The van der Waals surface area contributed by atoms with Crippen LogP contribution in [0.1, 0.15) is 41.3 Å². The summed E-state index contributed by atoms with van der Waals surface area (Å²) in [6, 6.07) is 7.91. The molecule has 0 aliphatic rings. The Morgan fingerprint density at radius 3 is 2.70 bits per heavy atom. The van der Waals surface area contributed by atoms with Gasteiger partial charge in [0.25, 0.3) is 5.91 Å². The van der Waals surface area contributed by atoms with E-state index in [2.05, 4.69) is 24.3 Å². The Kier molecular flexibility index (Phi) is 4.17. The fourth-order valence-electron chi connectivity index (χ4n) is 2.10. The lowest BCUT2D eigenvalue weighted by molar-refractivity contribution is 0.0946. The van der Waals surface area contributed by atoms with Crippen molar-refractivity contribution in [3.05, 3.63) is 53.1 Å². The Morgan fingerprint density at radius 2 is 2.10 bits per heavy atom. The second-order valence-electron chi connectivity index (χ2n) is 5.01. The number of amides is 1. The molecule has 1 N–H and O–H groups in total. The molecule has 20 heavy (non-hydrogen) atoms. The standard InChI is InChI=1S/C15H18FN3O/c1-10(2)12-7-5-4-6-11(12)8-17-15(20)13-9-18-19(3)14(13)16/h4-7,9-10H,8H2,1-3H3,(H,17,20). The van der Waals surface area contributed by atoms with Gasteiger partial charge in [0.2, 0.25) is 5.95 Å². The molecular formula is C15H18FN3O. The van der Waals surface area contributed by atoms with Crippen LogP contribution in [0, 0.1) is 5.95 Å². The van der Waals surface area contributed by atoms with E-state index >= 15 is 0 Å². The smallest absolute Gasteiger partial charge is 0.257 e. The molecule has 4 nitrogen and oxygen atoms in total. The average molecular weight is 275 g/mol. The lowest BCUT2D eigenvalue weighted by Gasteiger charge is -2.13. The number of benzene rings is 1. The first-order chi connectivity index (χ1) is 9.50. The highest BCUT2D eigenvalue weighted by Crippen LogP contribution is 2.19. The zero-order valence-electron chi connectivity index (χ0n) is 11.9. The molecule has 1 aromatic carbocycles. The largest absolute Gasteiger partial charge is 0.348 e. The van der Waals surface area contributed by atoms with Crippen LogP contribution < -0.4 is 5.32 Å². The van der Waals surface area contributed by atoms with Crippen LogP contribution >= 0.6 is 0 Å². The quantitative estimate of drug-likeness (QED) is 0.932. The van der Waals surface area contributed by atoms with Gasteiger partial charge in [-0.15, -0.1) is 0 Å². The van der Waals surface area contributed by atoms with E-state index in [1.165, 1.54) is 18.8 Å². The molecule has 2 rings (SSSR count). The summed E-state index contributed by atoms with van der Waals surface area (Å²) in [5, 5.41) is 6.45. The molecule has 0 radical (unpaired) electrons. The lowest BCUT2D eigenvalue weighted by Crippen LogP contribution is -2.24. The van der Waals surface area contributed by atoms with Gasteiger partial charge in [0.15, 0.2) is 0 Å². The highest BCUT2D eigenvalue weighted by Gasteiger charge is 2.16. The summed E-state index contributed by atoms with van der Waals surface area (Å²) in [6.07, 6.45) is 1.24. The number of rotatable bonds is 4. The topological polar surface area (TPSA) is 46.9 Å². The molecule has 1 amide bonds. The predicted molar refractivity (Wildman–Crippen MR) is 74.9 cm³/mol. The van der Waals surface area contributed by atoms with Crippen molar-refractivity contribution in [3.8, 4) is 0 Å². The summed E-state index contributed by atoms with van der Waals surface area (Å²) >= 11 is 0. The molecule has 0 saturated heterocycles. The van der Waals surface area contributed by atoms with Crippen LogP contribution in [0.5, 0.6) is 0 Å². The molecule has 1 heterocycles. The van der Waals surface area contributed by atoms with Gasteiger partial charge in [-0.25, -0.2) is 4.68 Å². The molecule has 1 aromatic heterocycles. The van der Waals surface area contributed by atoms with Crippen molar-refractivity contribution in [1.29, 1.82) is 0 Å². The molecule has 0 bridgehead atoms. The van der Waals surface area contributed by atoms with Crippen molar-refractivity contribution in [1.82, 2.24) is 15.1 Å². The Morgan fingerprint density at radius 1 is 1.40 bits per heavy atom. The first kappa shape index (κ1) is 14.2. The second-order valence-corrected chi connectivity index (χ2v) is 5.01. The Hall–Kier alpha value is -2.17. The molecule has 0 spiro atoms. The normalized spacial score (nSPS) is 10.8. The highest BCUT2D eigenvalue weighted by molar-refractivity contribution is 5.93. The van der Waals surface area contributed by atoms with Crippen molar-refractivity contribution in [2.45, 2.75) is 26.3 Å². The van der Waals surface area contributed by atoms with Gasteiger partial charge in [-0.2, -0.15) is 9.49 Å². The molecule has 0 atom stereocenters. The third-order valence-corrected chi connectivity index (χ3v) is 3.23. The van der Waals surface area contributed by atoms with Crippen molar-refractivity contribution < 1.29 is 9.18 Å². The lowest BCUT2D eigenvalue weighted by atomic mass is 9.97. The second kappa shape index (κ2) is 5.86. The van der Waals surface area contributed by atoms with Gasteiger partial charge in [-0.3, -0.25) is 4.79 Å². The number of aromatic nitrogens is 2. The Bertz CT molecular complexity index is 619. The van der Waals surface area contributed by atoms with E-state index in [-0.39, 0.29) is 5.56 Å². The Balaban J connectivity index is 2.10. The maximum Gasteiger partial charge on any atom is 0.257 e. The van der Waals surface area contributed by atoms with E-state index in [9.17, 15) is 9.18 Å². The van der Waals surface area contributed by atoms with E-state index < -0.39 is 11.9 Å². The van der Waals surface area contributed by atoms with Gasteiger partial charge in [-0.1, -0.05) is 38.1 Å². The summed E-state index contributed by atoms with van der Waals surface area (Å²) in [4.78, 5) is 11.9. The van der Waals surface area contributed by atoms with Crippen LogP contribution in [0.15, 0.2) is 30.5 Å². The Labute approximate surface area is 117 Å². The van der Waals surface area contributed by atoms with Gasteiger partial charge in [0, 0.05) is 13.6 Å². The van der Waals surface area contributed by atoms with Crippen LogP contribution in [-0.4, -0.2) is 15.7 Å². The summed E-state index contributed by atoms with van der Waals surface area (Å²) in [6.45, 7) is 4.57. The van der Waals surface area contributed by atoms with Crippen LogP contribution in [0.3, 0.4) is 0 Å². The maximum absolute atomic E-state index is 13.6. The third-order valence-electron chi connectivity index (χ3n) is 3.23. The summed E-state index contributed by atoms with van der Waals surface area (Å²) < 4.78 is 14.6. The highest BCUT2D eigenvalue weighted by atomic mass is 19.1.